The van der Waals surface area contributed by atoms with Crippen LogP contribution >= 0.6 is 0 Å². The van der Waals surface area contributed by atoms with E-state index < -0.39 is 67.8 Å². The van der Waals surface area contributed by atoms with Gasteiger partial charge in [0.15, 0.2) is 6.29 Å². The predicted molar refractivity (Wildman–Crippen MR) is 117 cm³/mol. The highest BCUT2D eigenvalue weighted by Gasteiger charge is 2.50. The molecule has 7 N–H and O–H groups in total. The summed E-state index contributed by atoms with van der Waals surface area (Å²) in [5, 5.41) is 79.6. The fraction of sp³-hybridized carbons (Fsp3) is 1.00. The third-order valence-corrected chi connectivity index (χ3v) is 6.21. The molecular formula is C20H40N4O11. The first kappa shape index (κ1) is 29.8. The minimum Gasteiger partial charge on any atom is -0.569 e. The van der Waals surface area contributed by atoms with E-state index in [-0.39, 0.29) is 18.1 Å². The number of ether oxygens (including phenoxy) is 4. The molecule has 2 fully saturated rings. The van der Waals surface area contributed by atoms with E-state index in [0.29, 0.717) is 13.0 Å². The molecule has 1 unspecified atom stereocenters. The molecule has 0 aliphatic carbocycles. The molecule has 15 nitrogen and oxygen atoms in total. The topological polar surface area (TPSA) is 212 Å². The highest BCUT2D eigenvalue weighted by Crippen LogP contribution is 2.30. The van der Waals surface area contributed by atoms with Crippen molar-refractivity contribution in [2.24, 2.45) is 5.28 Å². The standard InChI is InChI=1S/C20H40N4O11/c1-4-6-21-7-5-8-23(24(31)22-30)9-12-18(32-3)16(28)17(29)20(34-12)35-19-13(10-25)33-11(2)14(26)15(19)27/h11-21,25-30H,4-10H2,1-3H3/b24-22-/t11-,12-,13-,14+,15-,16-,17-,18-,19?,20-/m1/s1. The Hall–Kier alpha value is -1.40. The van der Waals surface area contributed by atoms with Crippen molar-refractivity contribution in [2.45, 2.75) is 87.9 Å². The summed E-state index contributed by atoms with van der Waals surface area (Å²) in [7, 11) is 1.29. The van der Waals surface area contributed by atoms with Crippen LogP contribution in [0.5, 0.6) is 0 Å². The second-order valence-electron chi connectivity index (χ2n) is 8.73. The number of rotatable bonds is 13. The van der Waals surface area contributed by atoms with Crippen LogP contribution in [0.25, 0.3) is 0 Å². The highest BCUT2D eigenvalue weighted by molar-refractivity contribution is 4.95. The molecule has 2 aliphatic heterocycles. The number of hydrogen-bond donors (Lipinski definition) is 7. The van der Waals surface area contributed by atoms with Gasteiger partial charge in [-0.05, 0) is 32.9 Å². The van der Waals surface area contributed by atoms with Gasteiger partial charge in [-0.15, -0.1) is 5.01 Å². The van der Waals surface area contributed by atoms with E-state index in [1.54, 1.807) is 0 Å². The Morgan fingerprint density at radius 2 is 1.71 bits per heavy atom. The van der Waals surface area contributed by atoms with E-state index >= 15 is 0 Å². The van der Waals surface area contributed by atoms with Crippen LogP contribution in [-0.2, 0) is 18.9 Å². The first-order chi connectivity index (χ1) is 16.7. The Morgan fingerprint density at radius 1 is 1.03 bits per heavy atom. The number of nitrogens with one attached hydrogen (secondary N) is 1. The van der Waals surface area contributed by atoms with Gasteiger partial charge in [0.25, 0.3) is 0 Å². The minimum atomic E-state index is -1.63. The Bertz CT molecular complexity index is 646. The number of nitrogens with zero attached hydrogens (tertiary/aromatic N) is 3. The summed E-state index contributed by atoms with van der Waals surface area (Å²) in [6, 6.07) is 0. The third kappa shape index (κ3) is 7.55. The van der Waals surface area contributed by atoms with Crippen LogP contribution in [0.15, 0.2) is 5.28 Å². The SMILES string of the molecule is CCCNCCCN(C[C@H]1O[C@H](OC2[C@@H](CO)O[C@H](C)[C@H](O)[C@H]2O)[C@H](O)[C@@H](O)[C@@H]1OC)/[N+]([O-])=N/O. The first-order valence-corrected chi connectivity index (χ1v) is 11.8. The lowest BCUT2D eigenvalue weighted by molar-refractivity contribution is -0.711. The average Bonchev–Trinajstić information content (AvgIpc) is 2.85. The molecule has 15 heteroatoms. The predicted octanol–water partition coefficient (Wildman–Crippen LogP) is -2.71. The van der Waals surface area contributed by atoms with E-state index in [1.807, 2.05) is 6.92 Å². The average molecular weight is 513 g/mol. The van der Waals surface area contributed by atoms with Gasteiger partial charge >= 0.3 is 0 Å². The maximum atomic E-state index is 12.1. The van der Waals surface area contributed by atoms with Crippen molar-refractivity contribution >= 4 is 0 Å². The Labute approximate surface area is 204 Å². The summed E-state index contributed by atoms with van der Waals surface area (Å²) in [5.41, 5.74) is 0. The summed E-state index contributed by atoms with van der Waals surface area (Å²) < 4.78 is 22.3. The van der Waals surface area contributed by atoms with Crippen LogP contribution in [0.1, 0.15) is 26.7 Å². The number of hydrogen-bond acceptors (Lipinski definition) is 12. The smallest absolute Gasteiger partial charge is 0.230 e. The minimum absolute atomic E-state index is 0.0125. The molecular weight excluding hydrogens is 472 g/mol. The van der Waals surface area contributed by atoms with Gasteiger partial charge in [-0.3, -0.25) is 0 Å². The number of hydrazine groups is 1. The summed E-state index contributed by atoms with van der Waals surface area (Å²) in [6.07, 6.45) is -11.2. The molecule has 0 spiro atoms. The van der Waals surface area contributed by atoms with Crippen LogP contribution in [0.4, 0.5) is 0 Å². The fourth-order valence-corrected chi connectivity index (χ4v) is 4.25. The fourth-order valence-electron chi connectivity index (χ4n) is 4.25. The van der Waals surface area contributed by atoms with Crippen molar-refractivity contribution in [3.63, 3.8) is 0 Å². The van der Waals surface area contributed by atoms with Gasteiger partial charge in [0.1, 0.15) is 55.4 Å². The molecule has 0 saturated carbocycles. The highest BCUT2D eigenvalue weighted by atomic mass is 16.7. The van der Waals surface area contributed by atoms with Crippen LogP contribution in [0.3, 0.4) is 0 Å². The van der Waals surface area contributed by atoms with Crippen molar-refractivity contribution in [1.82, 2.24) is 10.3 Å². The third-order valence-electron chi connectivity index (χ3n) is 6.21. The quantitative estimate of drug-likeness (QED) is 0.0580. The maximum Gasteiger partial charge on any atom is 0.230 e. The van der Waals surface area contributed by atoms with Crippen LogP contribution in [0, 0.1) is 5.21 Å². The van der Waals surface area contributed by atoms with Gasteiger partial charge in [-0.25, -0.2) is 0 Å². The summed E-state index contributed by atoms with van der Waals surface area (Å²) >= 11 is 0. The Morgan fingerprint density at radius 3 is 2.31 bits per heavy atom. The van der Waals surface area contributed by atoms with Gasteiger partial charge < -0.3 is 60.2 Å². The molecule has 0 aromatic carbocycles. The maximum absolute atomic E-state index is 12.1. The summed E-state index contributed by atoms with van der Waals surface area (Å²) in [4.78, 5) is -0.0125. The van der Waals surface area contributed by atoms with Gasteiger partial charge in [0.05, 0.1) is 24.2 Å². The zero-order valence-corrected chi connectivity index (χ0v) is 20.3. The van der Waals surface area contributed by atoms with Crippen LogP contribution in [0.2, 0.25) is 0 Å². The molecule has 2 heterocycles. The second-order valence-corrected chi connectivity index (χ2v) is 8.73. The molecule has 0 aromatic rings. The van der Waals surface area contributed by atoms with Crippen molar-refractivity contribution < 1.29 is 54.7 Å². The number of methoxy groups -OCH3 is 1. The normalized spacial score (nSPS) is 38.5. The second kappa shape index (κ2) is 14.4. The summed E-state index contributed by atoms with van der Waals surface area (Å²) in [6.45, 7) is 4.40. The number of aliphatic hydroxyl groups is 5. The van der Waals surface area contributed by atoms with Crippen molar-refractivity contribution in [3.05, 3.63) is 5.21 Å². The molecule has 0 radical (unpaired) electrons. The van der Waals surface area contributed by atoms with E-state index in [1.165, 1.54) is 14.0 Å². The molecule has 206 valence electrons. The van der Waals surface area contributed by atoms with Gasteiger partial charge in [-0.2, -0.15) is 0 Å². The molecule has 2 aliphatic rings. The lowest BCUT2D eigenvalue weighted by Gasteiger charge is -2.46. The van der Waals surface area contributed by atoms with Crippen molar-refractivity contribution in [2.75, 3.05) is 39.9 Å². The van der Waals surface area contributed by atoms with Crippen LogP contribution < -0.4 is 5.32 Å². The van der Waals surface area contributed by atoms with E-state index in [4.69, 9.17) is 24.2 Å². The lowest BCUT2D eigenvalue weighted by atomic mass is 9.94. The zero-order valence-electron chi connectivity index (χ0n) is 20.3. The van der Waals surface area contributed by atoms with Crippen molar-refractivity contribution in [3.8, 4) is 0 Å². The van der Waals surface area contributed by atoms with Crippen LogP contribution in [-0.4, -0.2) is 142 Å². The molecule has 0 aromatic heterocycles. The molecule has 2 rings (SSSR count). The molecule has 10 atom stereocenters. The molecule has 0 amide bonds. The van der Waals surface area contributed by atoms with Crippen molar-refractivity contribution in [1.29, 1.82) is 0 Å². The molecule has 2 saturated heterocycles. The monoisotopic (exact) mass is 512 g/mol. The number of aliphatic hydroxyl groups excluding tert-OH is 5. The molecule has 0 bridgehead atoms. The van der Waals surface area contributed by atoms with E-state index in [9.17, 15) is 30.7 Å². The Balaban J connectivity index is 2.15. The largest absolute Gasteiger partial charge is 0.569 e. The summed E-state index contributed by atoms with van der Waals surface area (Å²) in [5.74, 6) is 0. The lowest BCUT2D eigenvalue weighted by Crippen LogP contribution is -2.65. The first-order valence-electron chi connectivity index (χ1n) is 11.8. The zero-order chi connectivity index (χ0) is 26.1. The van der Waals surface area contributed by atoms with Gasteiger partial charge in [0, 0.05) is 7.11 Å². The Kier molecular flexibility index (Phi) is 12.2. The molecule has 35 heavy (non-hydrogen) atoms. The van der Waals surface area contributed by atoms with E-state index in [0.717, 1.165) is 18.0 Å². The van der Waals surface area contributed by atoms with Gasteiger partial charge in [0.2, 0.25) is 5.28 Å². The van der Waals surface area contributed by atoms with Gasteiger partial charge in [-0.1, -0.05) is 6.92 Å². The van der Waals surface area contributed by atoms with E-state index in [2.05, 4.69) is 10.6 Å².